The molecule has 0 amide bonds. The van der Waals surface area contributed by atoms with Crippen LogP contribution >= 0.6 is 15.9 Å². The summed E-state index contributed by atoms with van der Waals surface area (Å²) in [5.41, 5.74) is 1.70. The second-order valence-corrected chi connectivity index (χ2v) is 6.27. The lowest BCUT2D eigenvalue weighted by atomic mass is 9.99. The minimum Gasteiger partial charge on any atom is -0.314 e. The predicted octanol–water partition coefficient (Wildman–Crippen LogP) is 2.68. The molecule has 1 aliphatic rings. The van der Waals surface area contributed by atoms with Gasteiger partial charge in [-0.2, -0.15) is 0 Å². The van der Waals surface area contributed by atoms with Gasteiger partial charge in [0.25, 0.3) is 0 Å². The van der Waals surface area contributed by atoms with E-state index in [2.05, 4.69) is 64.3 Å². The van der Waals surface area contributed by atoms with E-state index in [4.69, 9.17) is 0 Å². The molecule has 2 nitrogen and oxygen atoms in total. The Kier molecular flexibility index (Phi) is 4.23. The van der Waals surface area contributed by atoms with Crippen LogP contribution < -0.4 is 5.32 Å². The standard InChI is InChI=1S/C14H21BrN2/c1-14(2)11-16-8-10-17(14)9-7-12-3-5-13(15)6-4-12/h3-6,16H,7-11H2,1-2H3. The summed E-state index contributed by atoms with van der Waals surface area (Å²) in [6.45, 7) is 9.15. The van der Waals surface area contributed by atoms with Crippen LogP contribution in [-0.4, -0.2) is 36.6 Å². The summed E-state index contributed by atoms with van der Waals surface area (Å²) in [5, 5.41) is 3.46. The van der Waals surface area contributed by atoms with Crippen LogP contribution in [0.2, 0.25) is 0 Å². The minimum absolute atomic E-state index is 0.285. The van der Waals surface area contributed by atoms with Gasteiger partial charge in [-0.15, -0.1) is 0 Å². The van der Waals surface area contributed by atoms with Gasteiger partial charge in [-0.25, -0.2) is 0 Å². The average Bonchev–Trinajstić information content (AvgIpc) is 2.29. The molecule has 1 aromatic rings. The summed E-state index contributed by atoms with van der Waals surface area (Å²) in [7, 11) is 0. The highest BCUT2D eigenvalue weighted by atomic mass is 79.9. The third-order valence-electron chi connectivity index (χ3n) is 3.56. The third-order valence-corrected chi connectivity index (χ3v) is 4.08. The maximum absolute atomic E-state index is 3.47. The first-order chi connectivity index (χ1) is 8.08. The average molecular weight is 297 g/mol. The number of nitrogens with one attached hydrogen (secondary N) is 1. The normalized spacial score (nSPS) is 20.4. The van der Waals surface area contributed by atoms with Crippen LogP contribution in [0.3, 0.4) is 0 Å². The van der Waals surface area contributed by atoms with E-state index in [9.17, 15) is 0 Å². The van der Waals surface area contributed by atoms with Gasteiger partial charge in [0.2, 0.25) is 0 Å². The van der Waals surface area contributed by atoms with Crippen LogP contribution in [-0.2, 0) is 6.42 Å². The molecule has 1 saturated heterocycles. The van der Waals surface area contributed by atoms with Crippen molar-refractivity contribution < 1.29 is 0 Å². The predicted molar refractivity (Wildman–Crippen MR) is 76.4 cm³/mol. The van der Waals surface area contributed by atoms with E-state index < -0.39 is 0 Å². The maximum atomic E-state index is 3.47. The van der Waals surface area contributed by atoms with Crippen molar-refractivity contribution in [1.29, 1.82) is 0 Å². The molecule has 0 aliphatic carbocycles. The molecule has 1 heterocycles. The van der Waals surface area contributed by atoms with Crippen molar-refractivity contribution in [1.82, 2.24) is 10.2 Å². The molecule has 0 unspecified atom stereocenters. The van der Waals surface area contributed by atoms with E-state index in [-0.39, 0.29) is 5.54 Å². The van der Waals surface area contributed by atoms with Crippen LogP contribution in [0.25, 0.3) is 0 Å². The molecule has 1 fully saturated rings. The van der Waals surface area contributed by atoms with Crippen molar-refractivity contribution in [2.75, 3.05) is 26.2 Å². The van der Waals surface area contributed by atoms with E-state index in [0.717, 1.165) is 37.1 Å². The molecule has 1 N–H and O–H groups in total. The molecule has 1 aromatic carbocycles. The zero-order valence-electron chi connectivity index (χ0n) is 10.7. The Hall–Kier alpha value is -0.380. The van der Waals surface area contributed by atoms with Crippen LogP contribution in [0.15, 0.2) is 28.7 Å². The van der Waals surface area contributed by atoms with E-state index in [0.29, 0.717) is 0 Å². The Bertz CT molecular complexity index is 359. The van der Waals surface area contributed by atoms with Crippen LogP contribution in [0, 0.1) is 0 Å². The number of piperazine rings is 1. The van der Waals surface area contributed by atoms with Crippen LogP contribution in [0.1, 0.15) is 19.4 Å². The quantitative estimate of drug-likeness (QED) is 0.923. The molecular formula is C14H21BrN2. The number of hydrogen-bond acceptors (Lipinski definition) is 2. The molecule has 3 heteroatoms. The van der Waals surface area contributed by atoms with Crippen molar-refractivity contribution in [3.8, 4) is 0 Å². The molecule has 0 radical (unpaired) electrons. The number of nitrogens with zero attached hydrogens (tertiary/aromatic N) is 1. The van der Waals surface area contributed by atoms with Gasteiger partial charge in [0, 0.05) is 36.2 Å². The van der Waals surface area contributed by atoms with Crippen molar-refractivity contribution in [3.05, 3.63) is 34.3 Å². The van der Waals surface area contributed by atoms with Crippen LogP contribution in [0.4, 0.5) is 0 Å². The number of hydrogen-bond donors (Lipinski definition) is 1. The minimum atomic E-state index is 0.285. The number of rotatable bonds is 3. The highest BCUT2D eigenvalue weighted by molar-refractivity contribution is 9.10. The van der Waals surface area contributed by atoms with Gasteiger partial charge in [-0.3, -0.25) is 4.90 Å². The van der Waals surface area contributed by atoms with Gasteiger partial charge < -0.3 is 5.32 Å². The van der Waals surface area contributed by atoms with E-state index in [1.165, 1.54) is 5.56 Å². The van der Waals surface area contributed by atoms with E-state index in [1.807, 2.05) is 0 Å². The molecular weight excluding hydrogens is 276 g/mol. The number of halogens is 1. The lowest BCUT2D eigenvalue weighted by Crippen LogP contribution is -2.58. The van der Waals surface area contributed by atoms with Crippen molar-refractivity contribution in [2.45, 2.75) is 25.8 Å². The van der Waals surface area contributed by atoms with E-state index in [1.54, 1.807) is 0 Å². The molecule has 1 aliphatic heterocycles. The van der Waals surface area contributed by atoms with Gasteiger partial charge in [0.1, 0.15) is 0 Å². The molecule has 0 atom stereocenters. The van der Waals surface area contributed by atoms with Gasteiger partial charge in [-0.05, 0) is 38.0 Å². The molecule has 0 bridgehead atoms. The topological polar surface area (TPSA) is 15.3 Å². The lowest BCUT2D eigenvalue weighted by molar-refractivity contribution is 0.0921. The first kappa shape index (κ1) is 13.1. The van der Waals surface area contributed by atoms with E-state index >= 15 is 0 Å². The van der Waals surface area contributed by atoms with Gasteiger partial charge in [0.15, 0.2) is 0 Å². The first-order valence-corrected chi connectivity index (χ1v) is 7.07. The van der Waals surface area contributed by atoms with Crippen molar-refractivity contribution in [3.63, 3.8) is 0 Å². The highest BCUT2D eigenvalue weighted by Crippen LogP contribution is 2.17. The second-order valence-electron chi connectivity index (χ2n) is 5.35. The Morgan fingerprint density at radius 3 is 2.65 bits per heavy atom. The zero-order chi connectivity index (χ0) is 12.3. The fourth-order valence-electron chi connectivity index (χ4n) is 2.35. The molecule has 94 valence electrons. The van der Waals surface area contributed by atoms with Gasteiger partial charge in [0.05, 0.1) is 0 Å². The highest BCUT2D eigenvalue weighted by Gasteiger charge is 2.28. The fourth-order valence-corrected chi connectivity index (χ4v) is 2.62. The van der Waals surface area contributed by atoms with Crippen molar-refractivity contribution >= 4 is 15.9 Å². The summed E-state index contributed by atoms with van der Waals surface area (Å²) in [5.74, 6) is 0. The summed E-state index contributed by atoms with van der Waals surface area (Å²) in [4.78, 5) is 2.59. The Balaban J connectivity index is 1.91. The lowest BCUT2D eigenvalue weighted by Gasteiger charge is -2.43. The molecule has 0 spiro atoms. The second kappa shape index (κ2) is 5.51. The van der Waals surface area contributed by atoms with Crippen molar-refractivity contribution in [2.24, 2.45) is 0 Å². The summed E-state index contributed by atoms with van der Waals surface area (Å²) in [6, 6.07) is 8.66. The zero-order valence-corrected chi connectivity index (χ0v) is 12.3. The van der Waals surface area contributed by atoms with Gasteiger partial charge in [-0.1, -0.05) is 28.1 Å². The summed E-state index contributed by atoms with van der Waals surface area (Å²) < 4.78 is 1.16. The molecule has 17 heavy (non-hydrogen) atoms. The number of benzene rings is 1. The largest absolute Gasteiger partial charge is 0.314 e. The molecule has 2 rings (SSSR count). The Morgan fingerprint density at radius 2 is 2.00 bits per heavy atom. The SMILES string of the molecule is CC1(C)CNCCN1CCc1ccc(Br)cc1. The first-order valence-electron chi connectivity index (χ1n) is 6.28. The third kappa shape index (κ3) is 3.54. The smallest absolute Gasteiger partial charge is 0.0278 e. The Labute approximate surface area is 113 Å². The summed E-state index contributed by atoms with van der Waals surface area (Å²) >= 11 is 3.47. The monoisotopic (exact) mass is 296 g/mol. The fraction of sp³-hybridized carbons (Fsp3) is 0.571. The Morgan fingerprint density at radius 1 is 1.29 bits per heavy atom. The maximum Gasteiger partial charge on any atom is 0.0278 e. The molecule has 0 saturated carbocycles. The van der Waals surface area contributed by atoms with Gasteiger partial charge >= 0.3 is 0 Å². The summed E-state index contributed by atoms with van der Waals surface area (Å²) in [6.07, 6.45) is 1.14. The molecule has 0 aromatic heterocycles. The van der Waals surface area contributed by atoms with Crippen LogP contribution in [0.5, 0.6) is 0 Å².